The molecule has 1 amide bonds. The van der Waals surface area contributed by atoms with Gasteiger partial charge in [-0.3, -0.25) is 4.79 Å². The number of amides is 1. The fourth-order valence-corrected chi connectivity index (χ4v) is 3.52. The van der Waals surface area contributed by atoms with E-state index in [2.05, 4.69) is 35.2 Å². The Kier molecular flexibility index (Phi) is 6.00. The number of nitrogens with zero attached hydrogens (tertiary/aromatic N) is 3. The Labute approximate surface area is 142 Å². The van der Waals surface area contributed by atoms with Crippen molar-refractivity contribution in [2.24, 2.45) is 0 Å². The average molecular weight is 332 g/mol. The molecule has 23 heavy (non-hydrogen) atoms. The molecule has 1 heterocycles. The van der Waals surface area contributed by atoms with Crippen LogP contribution >= 0.6 is 11.8 Å². The highest BCUT2D eigenvalue weighted by molar-refractivity contribution is 7.99. The predicted octanol–water partition coefficient (Wildman–Crippen LogP) is 3.34. The highest BCUT2D eigenvalue weighted by Crippen LogP contribution is 2.28. The smallest absolute Gasteiger partial charge is 0.231 e. The lowest BCUT2D eigenvalue weighted by Gasteiger charge is -2.31. The SMILES string of the molecule is Cc1cc(SCC(=O)NC2(C#N)CCCCC2)nc(C(C)C)n1. The van der Waals surface area contributed by atoms with Crippen molar-refractivity contribution in [3.8, 4) is 6.07 Å². The van der Waals surface area contributed by atoms with Gasteiger partial charge in [0.15, 0.2) is 0 Å². The van der Waals surface area contributed by atoms with Gasteiger partial charge in [-0.05, 0) is 25.8 Å². The van der Waals surface area contributed by atoms with E-state index in [1.807, 2.05) is 13.0 Å². The number of aryl methyl sites for hydroxylation is 1. The normalized spacial score (nSPS) is 16.8. The number of hydrogen-bond acceptors (Lipinski definition) is 5. The van der Waals surface area contributed by atoms with E-state index in [1.54, 1.807) is 0 Å². The minimum absolute atomic E-state index is 0.0965. The van der Waals surface area contributed by atoms with Crippen molar-refractivity contribution < 1.29 is 4.79 Å². The second-order valence-electron chi connectivity index (χ2n) is 6.45. The molecule has 0 bridgehead atoms. The van der Waals surface area contributed by atoms with Crippen molar-refractivity contribution in [3.63, 3.8) is 0 Å². The molecule has 1 aliphatic carbocycles. The zero-order chi connectivity index (χ0) is 16.9. The van der Waals surface area contributed by atoms with Crippen LogP contribution in [0.3, 0.4) is 0 Å². The van der Waals surface area contributed by atoms with Crippen LogP contribution in [0.5, 0.6) is 0 Å². The summed E-state index contributed by atoms with van der Waals surface area (Å²) < 4.78 is 0. The number of rotatable bonds is 5. The predicted molar refractivity (Wildman–Crippen MR) is 91.2 cm³/mol. The molecule has 124 valence electrons. The van der Waals surface area contributed by atoms with Gasteiger partial charge in [0.05, 0.1) is 11.8 Å². The van der Waals surface area contributed by atoms with Crippen molar-refractivity contribution in [3.05, 3.63) is 17.6 Å². The van der Waals surface area contributed by atoms with E-state index in [4.69, 9.17) is 0 Å². The van der Waals surface area contributed by atoms with Crippen molar-refractivity contribution in [2.75, 3.05) is 5.75 Å². The van der Waals surface area contributed by atoms with E-state index in [9.17, 15) is 10.1 Å². The molecule has 1 aromatic heterocycles. The zero-order valence-electron chi connectivity index (χ0n) is 14.1. The van der Waals surface area contributed by atoms with Crippen LogP contribution in [0.4, 0.5) is 0 Å². The molecule has 0 saturated heterocycles. The molecular weight excluding hydrogens is 308 g/mol. The zero-order valence-corrected chi connectivity index (χ0v) is 14.9. The van der Waals surface area contributed by atoms with E-state index in [0.717, 1.165) is 48.6 Å². The van der Waals surface area contributed by atoms with E-state index >= 15 is 0 Å². The molecule has 5 nitrogen and oxygen atoms in total. The van der Waals surface area contributed by atoms with Crippen molar-refractivity contribution in [1.82, 2.24) is 15.3 Å². The summed E-state index contributed by atoms with van der Waals surface area (Å²) in [5.41, 5.74) is 0.244. The Bertz CT molecular complexity index is 603. The van der Waals surface area contributed by atoms with E-state index in [1.165, 1.54) is 11.8 Å². The molecule has 6 heteroatoms. The van der Waals surface area contributed by atoms with E-state index in [0.29, 0.717) is 0 Å². The van der Waals surface area contributed by atoms with Crippen LogP contribution in [-0.2, 0) is 4.79 Å². The Morgan fingerprint density at radius 1 is 1.39 bits per heavy atom. The Hall–Kier alpha value is -1.61. The third-order valence-corrected chi connectivity index (χ3v) is 4.93. The molecule has 0 aromatic carbocycles. The third kappa shape index (κ3) is 4.93. The quantitative estimate of drug-likeness (QED) is 0.661. The summed E-state index contributed by atoms with van der Waals surface area (Å²) in [6, 6.07) is 4.21. The van der Waals surface area contributed by atoms with Crippen LogP contribution in [0.2, 0.25) is 0 Å². The van der Waals surface area contributed by atoms with Crippen LogP contribution in [0, 0.1) is 18.3 Å². The fraction of sp³-hybridized carbons (Fsp3) is 0.647. The molecule has 0 unspecified atom stereocenters. The van der Waals surface area contributed by atoms with Gasteiger partial charge in [-0.1, -0.05) is 44.9 Å². The van der Waals surface area contributed by atoms with Crippen LogP contribution in [0.25, 0.3) is 0 Å². The number of nitriles is 1. The first kappa shape index (κ1) is 17.7. The number of carbonyl (C=O) groups excluding carboxylic acids is 1. The molecule has 1 aliphatic rings. The standard InChI is InChI=1S/C17H24N4OS/c1-12(2)16-19-13(3)9-15(20-16)23-10-14(22)21-17(11-18)7-5-4-6-8-17/h9,12H,4-8,10H2,1-3H3,(H,21,22). The summed E-state index contributed by atoms with van der Waals surface area (Å²) >= 11 is 1.40. The summed E-state index contributed by atoms with van der Waals surface area (Å²) in [5, 5.41) is 13.2. The van der Waals surface area contributed by atoms with Gasteiger partial charge in [0, 0.05) is 11.6 Å². The molecule has 0 aliphatic heterocycles. The minimum Gasteiger partial charge on any atom is -0.337 e. The van der Waals surface area contributed by atoms with Crippen LogP contribution in [-0.4, -0.2) is 27.2 Å². The molecule has 1 aromatic rings. The summed E-state index contributed by atoms with van der Waals surface area (Å²) in [7, 11) is 0. The average Bonchev–Trinajstić information content (AvgIpc) is 2.53. The maximum atomic E-state index is 12.2. The molecule has 0 spiro atoms. The Balaban J connectivity index is 1.95. The summed E-state index contributed by atoms with van der Waals surface area (Å²) in [6.45, 7) is 6.04. The second kappa shape index (κ2) is 7.78. The third-order valence-electron chi connectivity index (χ3n) is 4.02. The van der Waals surface area contributed by atoms with Crippen LogP contribution < -0.4 is 5.32 Å². The number of carbonyl (C=O) groups is 1. The van der Waals surface area contributed by atoms with Crippen molar-refractivity contribution in [2.45, 2.75) is 69.4 Å². The van der Waals surface area contributed by atoms with Gasteiger partial charge in [-0.25, -0.2) is 9.97 Å². The molecular formula is C17H24N4OS. The van der Waals surface area contributed by atoms with Crippen molar-refractivity contribution >= 4 is 17.7 Å². The van der Waals surface area contributed by atoms with Gasteiger partial charge in [-0.2, -0.15) is 5.26 Å². The van der Waals surface area contributed by atoms with Crippen molar-refractivity contribution in [1.29, 1.82) is 5.26 Å². The van der Waals surface area contributed by atoms with E-state index < -0.39 is 5.54 Å². The lowest BCUT2D eigenvalue weighted by molar-refractivity contribution is -0.120. The Morgan fingerprint density at radius 2 is 2.09 bits per heavy atom. The molecule has 1 fully saturated rings. The maximum Gasteiger partial charge on any atom is 0.231 e. The molecule has 0 atom stereocenters. The van der Waals surface area contributed by atoms with Crippen LogP contribution in [0.15, 0.2) is 11.1 Å². The number of aromatic nitrogens is 2. The molecule has 1 saturated carbocycles. The van der Waals surface area contributed by atoms with Gasteiger partial charge >= 0.3 is 0 Å². The number of nitrogens with one attached hydrogen (secondary N) is 1. The first-order valence-electron chi connectivity index (χ1n) is 8.15. The lowest BCUT2D eigenvalue weighted by Crippen LogP contribution is -2.49. The number of thioether (sulfide) groups is 1. The number of hydrogen-bond donors (Lipinski definition) is 1. The van der Waals surface area contributed by atoms with E-state index in [-0.39, 0.29) is 17.6 Å². The second-order valence-corrected chi connectivity index (χ2v) is 7.45. The summed E-state index contributed by atoms with van der Waals surface area (Å²) in [5.74, 6) is 1.24. The summed E-state index contributed by atoms with van der Waals surface area (Å²) in [4.78, 5) is 21.1. The summed E-state index contributed by atoms with van der Waals surface area (Å²) in [6.07, 6.45) is 4.66. The monoisotopic (exact) mass is 332 g/mol. The van der Waals surface area contributed by atoms with Gasteiger partial charge in [0.25, 0.3) is 0 Å². The van der Waals surface area contributed by atoms with Gasteiger partial charge < -0.3 is 5.32 Å². The lowest BCUT2D eigenvalue weighted by atomic mass is 9.83. The van der Waals surface area contributed by atoms with Crippen LogP contribution in [0.1, 0.15) is 63.4 Å². The largest absolute Gasteiger partial charge is 0.337 e. The van der Waals surface area contributed by atoms with Gasteiger partial charge in [-0.15, -0.1) is 0 Å². The van der Waals surface area contributed by atoms with Gasteiger partial charge in [0.2, 0.25) is 5.91 Å². The minimum atomic E-state index is -0.666. The molecule has 0 radical (unpaired) electrons. The highest BCUT2D eigenvalue weighted by atomic mass is 32.2. The maximum absolute atomic E-state index is 12.2. The first-order chi connectivity index (χ1) is 10.9. The topological polar surface area (TPSA) is 78.7 Å². The molecule has 2 rings (SSSR count). The molecule has 1 N–H and O–H groups in total. The Morgan fingerprint density at radius 3 is 2.70 bits per heavy atom. The first-order valence-corrected chi connectivity index (χ1v) is 9.13. The van der Waals surface area contributed by atoms with Gasteiger partial charge in [0.1, 0.15) is 16.4 Å². The fourth-order valence-electron chi connectivity index (χ4n) is 2.76. The highest BCUT2D eigenvalue weighted by Gasteiger charge is 2.33.